The van der Waals surface area contributed by atoms with E-state index in [0.29, 0.717) is 18.7 Å². The summed E-state index contributed by atoms with van der Waals surface area (Å²) in [6.07, 6.45) is 3.98. The Kier molecular flexibility index (Phi) is 9.44. The molecule has 0 radical (unpaired) electrons. The number of hydrogen-bond donors (Lipinski definition) is 2. The summed E-state index contributed by atoms with van der Waals surface area (Å²) in [6, 6.07) is 15.8. The fourth-order valence-corrected chi connectivity index (χ4v) is 2.96. The lowest BCUT2D eigenvalue weighted by atomic mass is 10.1. The lowest BCUT2D eigenvalue weighted by Gasteiger charge is -2.13. The van der Waals surface area contributed by atoms with Gasteiger partial charge in [0.15, 0.2) is 5.96 Å². The molecular weight excluding hydrogens is 505 g/mol. The molecule has 0 unspecified atom stereocenters. The second-order valence-electron chi connectivity index (χ2n) is 7.01. The highest BCUT2D eigenvalue weighted by Gasteiger charge is 2.08. The largest absolute Gasteiger partial charge is 0.356 e. The Balaban J connectivity index is 0.00000341. The van der Waals surface area contributed by atoms with Crippen LogP contribution in [0.15, 0.2) is 66.2 Å². The number of carbonyl (C=O) groups excluding carboxylic acids is 1. The van der Waals surface area contributed by atoms with E-state index >= 15 is 0 Å². The lowest BCUT2D eigenvalue weighted by molar-refractivity contribution is 0.0827. The molecular formula is C22H28IN7O. The van der Waals surface area contributed by atoms with E-state index in [9.17, 15) is 4.79 Å². The average molecular weight is 533 g/mol. The van der Waals surface area contributed by atoms with Gasteiger partial charge < -0.3 is 15.5 Å². The van der Waals surface area contributed by atoms with Gasteiger partial charge in [-0.25, -0.2) is 9.67 Å². The summed E-state index contributed by atoms with van der Waals surface area (Å²) in [5.74, 6) is 0.744. The van der Waals surface area contributed by atoms with Gasteiger partial charge in [0.2, 0.25) is 0 Å². The number of rotatable bonds is 7. The Labute approximate surface area is 199 Å². The molecule has 0 bridgehead atoms. The van der Waals surface area contributed by atoms with Crippen LogP contribution in [0.2, 0.25) is 0 Å². The second-order valence-corrected chi connectivity index (χ2v) is 7.01. The van der Waals surface area contributed by atoms with E-state index < -0.39 is 0 Å². The van der Waals surface area contributed by atoms with Gasteiger partial charge in [0.1, 0.15) is 12.7 Å². The van der Waals surface area contributed by atoms with Gasteiger partial charge in [0.05, 0.1) is 5.69 Å². The van der Waals surface area contributed by atoms with E-state index in [1.165, 1.54) is 6.33 Å². The third-order valence-electron chi connectivity index (χ3n) is 4.59. The van der Waals surface area contributed by atoms with E-state index in [2.05, 4.69) is 25.7 Å². The third kappa shape index (κ3) is 7.06. The maximum absolute atomic E-state index is 12.1. The van der Waals surface area contributed by atoms with E-state index in [-0.39, 0.29) is 29.9 Å². The number of nitrogens with zero attached hydrogens (tertiary/aromatic N) is 5. The Morgan fingerprint density at radius 1 is 1.10 bits per heavy atom. The highest BCUT2D eigenvalue weighted by Crippen LogP contribution is 2.09. The molecule has 9 heteroatoms. The van der Waals surface area contributed by atoms with Crippen molar-refractivity contribution in [1.82, 2.24) is 30.3 Å². The van der Waals surface area contributed by atoms with Crippen molar-refractivity contribution in [3.05, 3.63) is 77.9 Å². The summed E-state index contributed by atoms with van der Waals surface area (Å²) >= 11 is 0. The van der Waals surface area contributed by atoms with Crippen LogP contribution in [0.3, 0.4) is 0 Å². The van der Waals surface area contributed by atoms with Gasteiger partial charge in [-0.1, -0.05) is 24.3 Å². The number of guanidine groups is 1. The Morgan fingerprint density at radius 3 is 2.52 bits per heavy atom. The van der Waals surface area contributed by atoms with Crippen molar-refractivity contribution in [2.75, 3.05) is 27.7 Å². The third-order valence-corrected chi connectivity index (χ3v) is 4.59. The van der Waals surface area contributed by atoms with Crippen LogP contribution < -0.4 is 10.6 Å². The number of hydrogen-bond acceptors (Lipinski definition) is 4. The summed E-state index contributed by atoms with van der Waals surface area (Å²) in [4.78, 5) is 21.9. The topological polar surface area (TPSA) is 87.4 Å². The van der Waals surface area contributed by atoms with Crippen molar-refractivity contribution in [1.29, 1.82) is 0 Å². The van der Waals surface area contributed by atoms with Crippen molar-refractivity contribution in [2.45, 2.75) is 13.0 Å². The van der Waals surface area contributed by atoms with Crippen molar-refractivity contribution in [3.8, 4) is 5.69 Å². The zero-order valence-corrected chi connectivity index (χ0v) is 20.3. The van der Waals surface area contributed by atoms with Crippen molar-refractivity contribution in [2.24, 2.45) is 4.99 Å². The predicted octanol–water partition coefficient (Wildman–Crippen LogP) is 2.49. The van der Waals surface area contributed by atoms with Gasteiger partial charge in [0.25, 0.3) is 5.91 Å². The van der Waals surface area contributed by atoms with Crippen LogP contribution >= 0.6 is 24.0 Å². The van der Waals surface area contributed by atoms with Crippen LogP contribution in [0.4, 0.5) is 0 Å². The maximum atomic E-state index is 12.1. The number of aromatic nitrogens is 3. The van der Waals surface area contributed by atoms with E-state index in [1.54, 1.807) is 37.1 Å². The Bertz CT molecular complexity index is 985. The molecule has 1 aromatic heterocycles. The van der Waals surface area contributed by atoms with Gasteiger partial charge in [-0.15, -0.1) is 24.0 Å². The summed E-state index contributed by atoms with van der Waals surface area (Å²) in [7, 11) is 5.27. The molecule has 2 aromatic carbocycles. The molecule has 0 aliphatic rings. The van der Waals surface area contributed by atoms with Crippen molar-refractivity contribution < 1.29 is 4.79 Å². The molecule has 1 heterocycles. The second kappa shape index (κ2) is 12.0. The Morgan fingerprint density at radius 2 is 1.87 bits per heavy atom. The number of benzene rings is 2. The molecule has 8 nitrogen and oxygen atoms in total. The molecule has 0 saturated carbocycles. The number of nitrogens with one attached hydrogen (secondary N) is 2. The average Bonchev–Trinajstić information content (AvgIpc) is 3.31. The van der Waals surface area contributed by atoms with E-state index in [4.69, 9.17) is 0 Å². The first kappa shape index (κ1) is 24.3. The maximum Gasteiger partial charge on any atom is 0.253 e. The fraction of sp³-hybridized carbons (Fsp3) is 0.273. The quantitative estimate of drug-likeness (QED) is 0.277. The molecule has 0 fully saturated rings. The molecule has 0 aliphatic carbocycles. The number of carbonyl (C=O) groups is 1. The number of aliphatic imine (C=N–C) groups is 1. The molecule has 0 saturated heterocycles. The van der Waals surface area contributed by atoms with Crippen LogP contribution in [-0.2, 0) is 13.0 Å². The fourth-order valence-electron chi connectivity index (χ4n) is 2.96. The van der Waals surface area contributed by atoms with Crippen molar-refractivity contribution >= 4 is 35.8 Å². The molecule has 3 aromatic rings. The first-order valence-electron chi connectivity index (χ1n) is 9.76. The van der Waals surface area contributed by atoms with Crippen LogP contribution in [-0.4, -0.2) is 59.2 Å². The predicted molar refractivity (Wildman–Crippen MR) is 133 cm³/mol. The Hall–Kier alpha value is -2.95. The van der Waals surface area contributed by atoms with Gasteiger partial charge in [-0.05, 0) is 41.8 Å². The molecule has 164 valence electrons. The van der Waals surface area contributed by atoms with Crippen molar-refractivity contribution in [3.63, 3.8) is 0 Å². The van der Waals surface area contributed by atoms with Gasteiger partial charge in [-0.3, -0.25) is 9.79 Å². The molecule has 2 N–H and O–H groups in total. The zero-order chi connectivity index (χ0) is 21.3. The van der Waals surface area contributed by atoms with Gasteiger partial charge in [-0.2, -0.15) is 5.10 Å². The standard InChI is InChI=1S/C22H27N7O.HI/c1-23-22(25-12-11-17-5-4-6-19(13-17)21(30)28(2)3)26-14-18-7-9-20(10-8-18)29-16-24-15-27-29;/h4-10,13,15-16H,11-12,14H2,1-3H3,(H2,23,25,26);1H. The molecule has 3 rings (SSSR count). The minimum atomic E-state index is 0. The van der Waals surface area contributed by atoms with Gasteiger partial charge in [0, 0.05) is 39.8 Å². The first-order chi connectivity index (χ1) is 14.6. The highest BCUT2D eigenvalue weighted by atomic mass is 127. The minimum Gasteiger partial charge on any atom is -0.356 e. The smallest absolute Gasteiger partial charge is 0.253 e. The van der Waals surface area contributed by atoms with Crippen LogP contribution in [0, 0.1) is 0 Å². The molecule has 1 amide bonds. The monoisotopic (exact) mass is 533 g/mol. The van der Waals surface area contributed by atoms with Crippen LogP contribution in [0.5, 0.6) is 0 Å². The summed E-state index contributed by atoms with van der Waals surface area (Å²) < 4.78 is 1.72. The number of amides is 1. The molecule has 0 aliphatic heterocycles. The van der Waals surface area contributed by atoms with Crippen LogP contribution in [0.1, 0.15) is 21.5 Å². The molecule has 0 spiro atoms. The zero-order valence-electron chi connectivity index (χ0n) is 17.9. The SMILES string of the molecule is CN=C(NCCc1cccc(C(=O)N(C)C)c1)NCc1ccc(-n2cncn2)cc1.I. The van der Waals surface area contributed by atoms with E-state index in [1.807, 2.05) is 48.5 Å². The summed E-state index contributed by atoms with van der Waals surface area (Å²) in [6.45, 7) is 1.37. The highest BCUT2D eigenvalue weighted by molar-refractivity contribution is 14.0. The normalized spacial score (nSPS) is 10.9. The summed E-state index contributed by atoms with van der Waals surface area (Å²) in [5.41, 5.74) is 3.91. The number of halogens is 1. The van der Waals surface area contributed by atoms with Crippen LogP contribution in [0.25, 0.3) is 5.69 Å². The van der Waals surface area contributed by atoms with Gasteiger partial charge >= 0.3 is 0 Å². The minimum absolute atomic E-state index is 0. The first-order valence-corrected chi connectivity index (χ1v) is 9.76. The lowest BCUT2D eigenvalue weighted by Crippen LogP contribution is -2.37. The van der Waals surface area contributed by atoms with E-state index in [0.717, 1.165) is 29.2 Å². The molecule has 0 atom stereocenters. The molecule has 31 heavy (non-hydrogen) atoms. The summed E-state index contributed by atoms with van der Waals surface area (Å²) in [5, 5.41) is 10.8.